The van der Waals surface area contributed by atoms with Gasteiger partial charge in [-0.3, -0.25) is 19.3 Å². The fourth-order valence-corrected chi connectivity index (χ4v) is 6.26. The van der Waals surface area contributed by atoms with Gasteiger partial charge in [0, 0.05) is 57.5 Å². The number of hydrogen-bond donors (Lipinski definition) is 1. The molecule has 0 aromatic heterocycles. The number of methoxy groups -OCH3 is 1. The first kappa shape index (κ1) is 30.9. The minimum atomic E-state index is -0.941. The molecule has 41 heavy (non-hydrogen) atoms. The number of likely N-dealkylation sites (tertiary alicyclic amines) is 2. The molecule has 0 aliphatic carbocycles. The van der Waals surface area contributed by atoms with Crippen molar-refractivity contribution in [2.75, 3.05) is 80.9 Å². The minimum absolute atomic E-state index is 0.00524. The first-order chi connectivity index (χ1) is 19.5. The van der Waals surface area contributed by atoms with E-state index in [4.69, 9.17) is 14.2 Å². The van der Waals surface area contributed by atoms with Gasteiger partial charge in [0.25, 0.3) is 0 Å². The molecule has 0 bridgehead atoms. The number of aliphatic carboxylic acids is 1. The van der Waals surface area contributed by atoms with Crippen LogP contribution in [0.5, 0.6) is 17.2 Å². The Morgan fingerprint density at radius 2 is 1.93 bits per heavy atom. The van der Waals surface area contributed by atoms with Crippen molar-refractivity contribution < 1.29 is 38.2 Å². The molecule has 3 heterocycles. The largest absolute Gasteiger partial charge is 0.493 e. The Kier molecular flexibility index (Phi) is 10.0. The summed E-state index contributed by atoms with van der Waals surface area (Å²) in [6.45, 7) is 5.88. The Bertz CT molecular complexity index is 1110. The molecule has 2 amide bonds. The molecule has 2 saturated heterocycles. The average molecular weight is 576 g/mol. The number of carbonyl (C=O) groups is 3. The second-order valence-corrected chi connectivity index (χ2v) is 12.5. The van der Waals surface area contributed by atoms with E-state index in [2.05, 4.69) is 28.1 Å². The smallest absolute Gasteiger partial charge is 0.308 e. The van der Waals surface area contributed by atoms with Crippen molar-refractivity contribution in [2.45, 2.75) is 51.0 Å². The van der Waals surface area contributed by atoms with Gasteiger partial charge in [-0.2, -0.15) is 0 Å². The molecule has 0 unspecified atom stereocenters. The lowest BCUT2D eigenvalue weighted by Crippen LogP contribution is -2.49. The number of rotatable bonds is 14. The van der Waals surface area contributed by atoms with E-state index in [1.54, 1.807) is 12.0 Å². The normalized spacial score (nSPS) is 22.4. The molecule has 3 aliphatic heterocycles. The van der Waals surface area contributed by atoms with Crippen LogP contribution in [0, 0.1) is 5.92 Å². The summed E-state index contributed by atoms with van der Waals surface area (Å²) < 4.78 is 17.5. The molecule has 1 aromatic rings. The molecule has 4 rings (SSSR count). The quantitative estimate of drug-likeness (QED) is 0.337. The Morgan fingerprint density at radius 1 is 1.17 bits per heavy atom. The lowest BCUT2D eigenvalue weighted by Gasteiger charge is -2.32. The van der Waals surface area contributed by atoms with Crippen molar-refractivity contribution in [3.63, 3.8) is 0 Å². The number of ether oxygens (including phenoxy) is 3. The molecular weight excluding hydrogens is 528 g/mol. The minimum Gasteiger partial charge on any atom is -0.493 e. The third-order valence-electron chi connectivity index (χ3n) is 8.45. The highest BCUT2D eigenvalue weighted by Gasteiger charge is 2.49. The topological polar surface area (TPSA) is 109 Å². The van der Waals surface area contributed by atoms with E-state index in [1.807, 2.05) is 21.9 Å². The number of unbranched alkanes of at least 4 members (excludes halogenated alkanes) is 1. The highest BCUT2D eigenvalue weighted by atomic mass is 16.7. The maximum absolute atomic E-state index is 13.8. The van der Waals surface area contributed by atoms with Crippen molar-refractivity contribution >= 4 is 17.8 Å². The highest BCUT2D eigenvalue weighted by Crippen LogP contribution is 2.47. The van der Waals surface area contributed by atoms with Crippen molar-refractivity contribution in [3.8, 4) is 17.2 Å². The maximum atomic E-state index is 13.8. The number of quaternary nitrogens is 1. The summed E-state index contributed by atoms with van der Waals surface area (Å²) in [6, 6.07) is 3.14. The lowest BCUT2D eigenvalue weighted by atomic mass is 9.84. The van der Waals surface area contributed by atoms with Gasteiger partial charge in [0.2, 0.25) is 24.4 Å². The van der Waals surface area contributed by atoms with Crippen LogP contribution in [-0.4, -0.2) is 129 Å². The number of benzene rings is 1. The molecule has 0 radical (unpaired) electrons. The number of carboxylic acids is 1. The first-order valence-electron chi connectivity index (χ1n) is 14.8. The van der Waals surface area contributed by atoms with Crippen molar-refractivity contribution in [1.29, 1.82) is 0 Å². The van der Waals surface area contributed by atoms with Gasteiger partial charge in [-0.15, -0.1) is 0 Å². The second-order valence-electron chi connectivity index (χ2n) is 12.5. The van der Waals surface area contributed by atoms with Crippen LogP contribution >= 0.6 is 0 Å². The number of amides is 2. The van der Waals surface area contributed by atoms with Crippen LogP contribution in [0.15, 0.2) is 12.1 Å². The summed E-state index contributed by atoms with van der Waals surface area (Å²) in [5, 5.41) is 10.5. The zero-order valence-electron chi connectivity index (χ0n) is 25.3. The Morgan fingerprint density at radius 3 is 2.56 bits per heavy atom. The predicted molar refractivity (Wildman–Crippen MR) is 153 cm³/mol. The Hall–Kier alpha value is -3.05. The van der Waals surface area contributed by atoms with Gasteiger partial charge in [0.15, 0.2) is 11.5 Å². The third-order valence-corrected chi connectivity index (χ3v) is 8.45. The SMILES string of the molecule is CCCCN(CCC[N+](C)(C)C)C(=O)CN1C[C@H](c2cc(OC)c3c(c2)OCO3)[C@@H](C(=O)O)[C@@H]1CN1CCCC1=O. The number of hydrogen-bond acceptors (Lipinski definition) is 7. The van der Waals surface area contributed by atoms with Crippen LogP contribution in [0.3, 0.4) is 0 Å². The summed E-state index contributed by atoms with van der Waals surface area (Å²) in [5.74, 6) is -0.617. The van der Waals surface area contributed by atoms with Crippen molar-refractivity contribution in [2.24, 2.45) is 5.92 Å². The summed E-state index contributed by atoms with van der Waals surface area (Å²) in [7, 11) is 7.97. The second kappa shape index (κ2) is 13.3. The molecule has 3 atom stereocenters. The zero-order valence-corrected chi connectivity index (χ0v) is 25.3. The van der Waals surface area contributed by atoms with E-state index >= 15 is 0 Å². The fourth-order valence-electron chi connectivity index (χ4n) is 6.26. The maximum Gasteiger partial charge on any atom is 0.308 e. The van der Waals surface area contributed by atoms with E-state index in [9.17, 15) is 19.5 Å². The molecule has 0 saturated carbocycles. The van der Waals surface area contributed by atoms with Gasteiger partial charge in [-0.1, -0.05) is 13.3 Å². The fraction of sp³-hybridized carbons (Fsp3) is 0.700. The van der Waals surface area contributed by atoms with E-state index in [-0.39, 0.29) is 31.7 Å². The van der Waals surface area contributed by atoms with Gasteiger partial charge >= 0.3 is 5.97 Å². The third kappa shape index (κ3) is 7.43. The lowest BCUT2D eigenvalue weighted by molar-refractivity contribution is -0.870. The zero-order chi connectivity index (χ0) is 29.7. The number of carboxylic acid groups (broad SMARTS) is 1. The number of carbonyl (C=O) groups excluding carboxylic acids is 2. The van der Waals surface area contributed by atoms with Gasteiger partial charge < -0.3 is 33.6 Å². The summed E-state index contributed by atoms with van der Waals surface area (Å²) >= 11 is 0. The van der Waals surface area contributed by atoms with E-state index in [1.165, 1.54) is 0 Å². The Labute approximate surface area is 243 Å². The standard InChI is InChI=1S/C30H46N4O7/c1-6-7-11-31(13-9-14-34(2,3)4)27(36)19-33-17-22(21-15-24(39-5)29-25(16-21)40-20-41-29)28(30(37)38)23(33)18-32-12-8-10-26(32)35/h15-16,22-23,28H,6-14,17-20H2,1-5H3/p+1/t22-,23+,28-/m1/s1. The van der Waals surface area contributed by atoms with Crippen LogP contribution in [0.25, 0.3) is 0 Å². The van der Waals surface area contributed by atoms with E-state index in [0.717, 1.165) is 42.3 Å². The molecular formula is C30H47N4O7+. The molecule has 3 aliphatic rings. The van der Waals surface area contributed by atoms with Crippen LogP contribution in [-0.2, 0) is 14.4 Å². The van der Waals surface area contributed by atoms with Crippen LogP contribution < -0.4 is 14.2 Å². The number of nitrogens with zero attached hydrogens (tertiary/aromatic N) is 4. The van der Waals surface area contributed by atoms with Crippen LogP contribution in [0.1, 0.15) is 50.5 Å². The summed E-state index contributed by atoms with van der Waals surface area (Å²) in [5.41, 5.74) is 0.761. The summed E-state index contributed by atoms with van der Waals surface area (Å²) in [4.78, 5) is 44.9. The summed E-state index contributed by atoms with van der Waals surface area (Å²) in [6.07, 6.45) is 4.03. The van der Waals surface area contributed by atoms with Gasteiger partial charge in [0.05, 0.1) is 47.3 Å². The average Bonchev–Trinajstić information content (AvgIpc) is 3.64. The molecule has 0 spiro atoms. The Balaban J connectivity index is 1.61. The molecule has 1 N–H and O–H groups in total. The van der Waals surface area contributed by atoms with Crippen molar-refractivity contribution in [3.05, 3.63) is 17.7 Å². The van der Waals surface area contributed by atoms with Gasteiger partial charge in [0.1, 0.15) is 0 Å². The molecule has 1 aromatic carbocycles. The van der Waals surface area contributed by atoms with Crippen molar-refractivity contribution in [1.82, 2.24) is 14.7 Å². The van der Waals surface area contributed by atoms with E-state index in [0.29, 0.717) is 49.8 Å². The highest BCUT2D eigenvalue weighted by molar-refractivity contribution is 5.80. The molecule has 2 fully saturated rings. The van der Waals surface area contributed by atoms with Crippen LogP contribution in [0.2, 0.25) is 0 Å². The first-order valence-corrected chi connectivity index (χ1v) is 14.8. The number of fused-ring (bicyclic) bond motifs is 1. The van der Waals surface area contributed by atoms with E-state index < -0.39 is 23.8 Å². The predicted octanol–water partition coefficient (Wildman–Crippen LogP) is 2.24. The molecule has 11 heteroatoms. The van der Waals surface area contributed by atoms with Gasteiger partial charge in [-0.25, -0.2) is 0 Å². The van der Waals surface area contributed by atoms with Crippen LogP contribution in [0.4, 0.5) is 0 Å². The molecule has 11 nitrogen and oxygen atoms in total. The monoisotopic (exact) mass is 575 g/mol. The van der Waals surface area contributed by atoms with Gasteiger partial charge in [-0.05, 0) is 30.5 Å². The molecule has 228 valence electrons.